The maximum absolute atomic E-state index is 10.4. The first-order valence-electron chi connectivity index (χ1n) is 2.52. The third-order valence-corrected chi connectivity index (χ3v) is 0.952. The van der Waals surface area contributed by atoms with Crippen LogP contribution < -0.4 is 5.63 Å². The Morgan fingerprint density at radius 1 is 1.60 bits per heavy atom. The number of carbonyl (C=O) groups is 1. The van der Waals surface area contributed by atoms with Crippen LogP contribution in [0.15, 0.2) is 27.6 Å². The molecule has 0 saturated heterocycles. The third-order valence-electron chi connectivity index (χ3n) is 0.952. The molecule has 1 N–H and O–H groups in total. The summed E-state index contributed by atoms with van der Waals surface area (Å²) < 4.78 is 4.30. The average Bonchev–Trinajstić information content (AvgIpc) is 1.88. The van der Waals surface area contributed by atoms with Gasteiger partial charge >= 0.3 is 11.6 Å². The smallest absolute Gasteiger partial charge is 0.336 e. The largest absolute Gasteiger partial charge is 0.478 e. The van der Waals surface area contributed by atoms with Gasteiger partial charge in [0.2, 0.25) is 0 Å². The minimum absolute atomic E-state index is 0.0590. The summed E-state index contributed by atoms with van der Waals surface area (Å²) in [6.45, 7) is 0. The second-order valence-electron chi connectivity index (χ2n) is 1.64. The molecular formula is C6H4O4. The minimum Gasteiger partial charge on any atom is -0.478 e. The fourth-order valence-electron chi connectivity index (χ4n) is 0.517. The van der Waals surface area contributed by atoms with Crippen molar-refractivity contribution in [2.75, 3.05) is 0 Å². The van der Waals surface area contributed by atoms with Gasteiger partial charge in [0.1, 0.15) is 0 Å². The second-order valence-corrected chi connectivity index (χ2v) is 1.64. The maximum atomic E-state index is 10.4. The average molecular weight is 140 g/mol. The van der Waals surface area contributed by atoms with Gasteiger partial charge in [0.05, 0.1) is 11.8 Å². The van der Waals surface area contributed by atoms with E-state index in [-0.39, 0.29) is 5.56 Å². The number of carboxylic acids is 1. The highest BCUT2D eigenvalue weighted by Crippen LogP contribution is 1.92. The summed E-state index contributed by atoms with van der Waals surface area (Å²) in [5, 5.41) is 8.33. The molecule has 0 aliphatic carbocycles. The fraction of sp³-hybridized carbons (Fsp3) is 0. The van der Waals surface area contributed by atoms with Crippen LogP contribution in [0.1, 0.15) is 10.4 Å². The van der Waals surface area contributed by atoms with Crippen molar-refractivity contribution < 1.29 is 14.3 Å². The number of aromatic carboxylic acids is 1. The van der Waals surface area contributed by atoms with Crippen LogP contribution >= 0.6 is 0 Å². The van der Waals surface area contributed by atoms with Gasteiger partial charge in [-0.1, -0.05) is 0 Å². The molecule has 0 aliphatic rings. The van der Waals surface area contributed by atoms with Crippen molar-refractivity contribution in [3.8, 4) is 0 Å². The normalized spacial score (nSPS) is 9.20. The second kappa shape index (κ2) is 2.34. The fourth-order valence-corrected chi connectivity index (χ4v) is 0.517. The van der Waals surface area contributed by atoms with Crippen molar-refractivity contribution in [2.45, 2.75) is 0 Å². The van der Waals surface area contributed by atoms with Crippen LogP contribution in [0, 0.1) is 0 Å². The standard InChI is InChI=1S/C6H4O4/c7-5-3-4(6(8)9)1-2-10-5/h1-3H,(H,8,9). The molecule has 0 aromatic carbocycles. The predicted molar refractivity (Wildman–Crippen MR) is 31.9 cm³/mol. The molecule has 0 radical (unpaired) electrons. The van der Waals surface area contributed by atoms with E-state index in [2.05, 4.69) is 4.42 Å². The zero-order chi connectivity index (χ0) is 7.56. The lowest BCUT2D eigenvalue weighted by Crippen LogP contribution is -2.03. The van der Waals surface area contributed by atoms with E-state index >= 15 is 0 Å². The Morgan fingerprint density at radius 2 is 2.30 bits per heavy atom. The lowest BCUT2D eigenvalue weighted by atomic mass is 10.3. The van der Waals surface area contributed by atoms with Crippen LogP contribution in [-0.2, 0) is 0 Å². The van der Waals surface area contributed by atoms with Gasteiger partial charge in [-0.25, -0.2) is 9.59 Å². The molecule has 4 nitrogen and oxygen atoms in total. The molecule has 1 aromatic heterocycles. The van der Waals surface area contributed by atoms with E-state index in [1.807, 2.05) is 0 Å². The summed E-state index contributed by atoms with van der Waals surface area (Å²) in [4.78, 5) is 20.5. The molecule has 0 aliphatic heterocycles. The van der Waals surface area contributed by atoms with E-state index < -0.39 is 11.6 Å². The van der Waals surface area contributed by atoms with Gasteiger partial charge in [-0.2, -0.15) is 0 Å². The monoisotopic (exact) mass is 140 g/mol. The highest BCUT2D eigenvalue weighted by Gasteiger charge is 2.01. The van der Waals surface area contributed by atoms with Crippen molar-refractivity contribution in [1.29, 1.82) is 0 Å². The summed E-state index contributed by atoms with van der Waals surface area (Å²) in [5.41, 5.74) is -0.712. The Morgan fingerprint density at radius 3 is 2.70 bits per heavy atom. The Labute approximate surface area is 55.7 Å². The number of hydrogen-bond donors (Lipinski definition) is 1. The summed E-state index contributed by atoms with van der Waals surface area (Å²) in [6, 6.07) is 2.13. The van der Waals surface area contributed by atoms with Gasteiger partial charge < -0.3 is 9.52 Å². The molecule has 4 heteroatoms. The van der Waals surface area contributed by atoms with Gasteiger partial charge in [-0.3, -0.25) is 0 Å². The highest BCUT2D eigenvalue weighted by atomic mass is 16.4. The van der Waals surface area contributed by atoms with Crippen LogP contribution in [-0.4, -0.2) is 11.1 Å². The van der Waals surface area contributed by atoms with Crippen molar-refractivity contribution in [2.24, 2.45) is 0 Å². The first-order chi connectivity index (χ1) is 4.70. The Hall–Kier alpha value is -1.58. The molecule has 10 heavy (non-hydrogen) atoms. The van der Waals surface area contributed by atoms with Gasteiger partial charge in [0.15, 0.2) is 0 Å². The van der Waals surface area contributed by atoms with Crippen molar-refractivity contribution in [3.05, 3.63) is 34.4 Å². The maximum Gasteiger partial charge on any atom is 0.336 e. The van der Waals surface area contributed by atoms with E-state index in [4.69, 9.17) is 5.11 Å². The van der Waals surface area contributed by atoms with Crippen LogP contribution in [0.2, 0.25) is 0 Å². The molecular weight excluding hydrogens is 136 g/mol. The first kappa shape index (κ1) is 6.54. The first-order valence-corrected chi connectivity index (χ1v) is 2.52. The van der Waals surface area contributed by atoms with Crippen LogP contribution in [0.5, 0.6) is 0 Å². The zero-order valence-corrected chi connectivity index (χ0v) is 4.90. The molecule has 52 valence electrons. The summed E-state index contributed by atoms with van der Waals surface area (Å²) >= 11 is 0. The van der Waals surface area contributed by atoms with E-state index in [1.54, 1.807) is 0 Å². The number of rotatable bonds is 1. The van der Waals surface area contributed by atoms with Crippen LogP contribution in [0.25, 0.3) is 0 Å². The molecule has 0 spiro atoms. The molecule has 0 amide bonds. The molecule has 0 atom stereocenters. The Kier molecular flexibility index (Phi) is 1.53. The lowest BCUT2D eigenvalue weighted by Gasteiger charge is -1.87. The summed E-state index contributed by atoms with van der Waals surface area (Å²) in [5.74, 6) is -1.13. The SMILES string of the molecule is O=C(O)c1ccoc(=O)c1. The quantitative estimate of drug-likeness (QED) is 0.610. The lowest BCUT2D eigenvalue weighted by molar-refractivity contribution is 0.0695. The van der Waals surface area contributed by atoms with Crippen LogP contribution in [0.4, 0.5) is 0 Å². The molecule has 0 bridgehead atoms. The molecule has 1 heterocycles. The summed E-state index contributed by atoms with van der Waals surface area (Å²) in [6.07, 6.45) is 1.05. The van der Waals surface area contributed by atoms with Crippen molar-refractivity contribution in [1.82, 2.24) is 0 Å². The predicted octanol–water partition coefficient (Wildman–Crippen LogP) is 0.338. The van der Waals surface area contributed by atoms with Gasteiger partial charge in [-0.05, 0) is 6.07 Å². The minimum atomic E-state index is -1.13. The number of hydrogen-bond acceptors (Lipinski definition) is 3. The van der Waals surface area contributed by atoms with E-state index in [9.17, 15) is 9.59 Å². The topological polar surface area (TPSA) is 67.5 Å². The summed E-state index contributed by atoms with van der Waals surface area (Å²) in [7, 11) is 0. The van der Waals surface area contributed by atoms with Gasteiger partial charge in [-0.15, -0.1) is 0 Å². The van der Waals surface area contributed by atoms with Gasteiger partial charge in [0.25, 0.3) is 0 Å². The molecule has 1 rings (SSSR count). The molecule has 0 saturated carbocycles. The molecule has 0 fully saturated rings. The molecule has 1 aromatic rings. The third kappa shape index (κ3) is 1.22. The van der Waals surface area contributed by atoms with Crippen molar-refractivity contribution in [3.63, 3.8) is 0 Å². The van der Waals surface area contributed by atoms with E-state index in [0.717, 1.165) is 12.3 Å². The Bertz CT molecular complexity index is 299. The van der Waals surface area contributed by atoms with Crippen LogP contribution in [0.3, 0.4) is 0 Å². The van der Waals surface area contributed by atoms with Crippen molar-refractivity contribution >= 4 is 5.97 Å². The van der Waals surface area contributed by atoms with E-state index in [0.29, 0.717) is 0 Å². The molecule has 0 unspecified atom stereocenters. The Balaban J connectivity index is 3.20. The van der Waals surface area contributed by atoms with E-state index in [1.165, 1.54) is 6.07 Å². The highest BCUT2D eigenvalue weighted by molar-refractivity contribution is 5.87. The number of carboxylic acid groups (broad SMARTS) is 1. The van der Waals surface area contributed by atoms with Gasteiger partial charge in [0, 0.05) is 6.07 Å². The zero-order valence-electron chi connectivity index (χ0n) is 4.90.